The number of halogens is 2. The number of amides is 2. The summed E-state index contributed by atoms with van der Waals surface area (Å²) < 4.78 is 13.9. The highest BCUT2D eigenvalue weighted by Crippen LogP contribution is 2.34. The Morgan fingerprint density at radius 1 is 1.10 bits per heavy atom. The smallest absolute Gasteiger partial charge is 0.253 e. The maximum absolute atomic E-state index is 13.9. The van der Waals surface area contributed by atoms with Gasteiger partial charge in [0.05, 0.1) is 5.92 Å². The number of hydrogen-bond acceptors (Lipinski definition) is 3. The third-order valence-electron chi connectivity index (χ3n) is 5.50. The molecule has 1 fully saturated rings. The van der Waals surface area contributed by atoms with E-state index in [0.717, 1.165) is 5.56 Å². The predicted octanol–water partition coefficient (Wildman–Crippen LogP) is 4.05. The molecule has 0 radical (unpaired) electrons. The highest BCUT2D eigenvalue weighted by Gasteiger charge is 2.40. The molecule has 1 saturated heterocycles. The van der Waals surface area contributed by atoms with Gasteiger partial charge < -0.3 is 10.2 Å². The lowest BCUT2D eigenvalue weighted by Gasteiger charge is -2.18. The average molecular weight is 438 g/mol. The Morgan fingerprint density at radius 3 is 2.61 bits per heavy atom. The lowest BCUT2D eigenvalue weighted by molar-refractivity contribution is -0.125. The second-order valence-corrected chi connectivity index (χ2v) is 8.00. The molecule has 3 aromatic rings. The fourth-order valence-electron chi connectivity index (χ4n) is 3.91. The quantitative estimate of drug-likeness (QED) is 0.655. The number of carbonyl (C=O) groups excluding carboxylic acids is 2. The van der Waals surface area contributed by atoms with Crippen LogP contribution in [0.5, 0.6) is 0 Å². The van der Waals surface area contributed by atoms with Crippen molar-refractivity contribution in [3.8, 4) is 0 Å². The van der Waals surface area contributed by atoms with Crippen molar-refractivity contribution in [2.75, 3.05) is 13.1 Å². The Hall–Kier alpha value is -3.25. The molecule has 4 rings (SSSR count). The number of hydrogen-bond donors (Lipinski definition) is 1. The molecule has 0 bridgehead atoms. The molecular weight excluding hydrogens is 417 g/mol. The fourth-order valence-corrected chi connectivity index (χ4v) is 4.03. The summed E-state index contributed by atoms with van der Waals surface area (Å²) in [6, 6.07) is 16.6. The van der Waals surface area contributed by atoms with E-state index >= 15 is 0 Å². The van der Waals surface area contributed by atoms with Crippen LogP contribution in [0.25, 0.3) is 0 Å². The standard InChI is InChI=1S/C24H21ClFN3O2/c25-19-8-6-17(7-9-19)24(31)29-14-21(18-4-1-5-20(26)11-18)22(15-29)23(30)28-13-16-3-2-10-27-12-16/h1-12,21-22H,13-15H2,(H,28,30). The minimum absolute atomic E-state index is 0.176. The second kappa shape index (κ2) is 9.27. The minimum atomic E-state index is -0.491. The number of benzene rings is 2. The van der Waals surface area contributed by atoms with Crippen LogP contribution in [0.15, 0.2) is 73.1 Å². The van der Waals surface area contributed by atoms with E-state index < -0.39 is 5.92 Å². The number of pyridine rings is 1. The van der Waals surface area contributed by atoms with Crippen LogP contribution in [0.1, 0.15) is 27.4 Å². The molecule has 1 aliphatic heterocycles. The largest absolute Gasteiger partial charge is 0.352 e. The summed E-state index contributed by atoms with van der Waals surface area (Å²) in [6.45, 7) is 0.918. The highest BCUT2D eigenvalue weighted by atomic mass is 35.5. The van der Waals surface area contributed by atoms with Crippen molar-refractivity contribution in [2.45, 2.75) is 12.5 Å². The van der Waals surface area contributed by atoms with Crippen molar-refractivity contribution in [1.29, 1.82) is 0 Å². The summed E-state index contributed by atoms with van der Waals surface area (Å²) in [5.41, 5.74) is 2.08. The van der Waals surface area contributed by atoms with Crippen molar-refractivity contribution in [3.63, 3.8) is 0 Å². The first kappa shape index (κ1) is 21.0. The molecule has 5 nitrogen and oxygen atoms in total. The van der Waals surface area contributed by atoms with Crippen molar-refractivity contribution in [1.82, 2.24) is 15.2 Å². The lowest BCUT2D eigenvalue weighted by atomic mass is 9.88. The average Bonchev–Trinajstić information content (AvgIpc) is 3.24. The van der Waals surface area contributed by atoms with Crippen LogP contribution in [0, 0.1) is 11.7 Å². The van der Waals surface area contributed by atoms with Gasteiger partial charge in [-0.05, 0) is 53.6 Å². The van der Waals surface area contributed by atoms with Gasteiger partial charge in [0.1, 0.15) is 5.82 Å². The molecule has 2 heterocycles. The Balaban J connectivity index is 1.55. The van der Waals surface area contributed by atoms with E-state index in [0.29, 0.717) is 29.2 Å². The molecule has 0 aliphatic carbocycles. The molecule has 31 heavy (non-hydrogen) atoms. The third kappa shape index (κ3) is 4.91. The van der Waals surface area contributed by atoms with Gasteiger partial charge in [0, 0.05) is 48.5 Å². The Morgan fingerprint density at radius 2 is 1.90 bits per heavy atom. The Labute approximate surface area is 184 Å². The number of nitrogens with zero attached hydrogens (tertiary/aromatic N) is 2. The van der Waals surface area contributed by atoms with Crippen molar-refractivity contribution in [3.05, 3.63) is 101 Å². The van der Waals surface area contributed by atoms with Gasteiger partial charge in [0.15, 0.2) is 0 Å². The normalized spacial score (nSPS) is 18.1. The topological polar surface area (TPSA) is 62.3 Å². The summed E-state index contributed by atoms with van der Waals surface area (Å²) in [7, 11) is 0. The monoisotopic (exact) mass is 437 g/mol. The van der Waals surface area contributed by atoms with Gasteiger partial charge in [-0.15, -0.1) is 0 Å². The first-order valence-corrected chi connectivity index (χ1v) is 10.4. The van der Waals surface area contributed by atoms with Crippen LogP contribution in [0.2, 0.25) is 5.02 Å². The van der Waals surface area contributed by atoms with Gasteiger partial charge in [0.25, 0.3) is 5.91 Å². The maximum Gasteiger partial charge on any atom is 0.253 e. The first-order chi connectivity index (χ1) is 15.0. The van der Waals surface area contributed by atoms with E-state index in [2.05, 4.69) is 10.3 Å². The number of carbonyl (C=O) groups is 2. The van der Waals surface area contributed by atoms with E-state index in [-0.39, 0.29) is 30.1 Å². The zero-order valence-corrected chi connectivity index (χ0v) is 17.4. The van der Waals surface area contributed by atoms with Gasteiger partial charge >= 0.3 is 0 Å². The van der Waals surface area contributed by atoms with Crippen LogP contribution in [-0.2, 0) is 11.3 Å². The first-order valence-electron chi connectivity index (χ1n) is 9.98. The zero-order valence-electron chi connectivity index (χ0n) is 16.7. The summed E-state index contributed by atoms with van der Waals surface area (Å²) in [4.78, 5) is 31.8. The third-order valence-corrected chi connectivity index (χ3v) is 5.75. The van der Waals surface area contributed by atoms with Crippen LogP contribution in [0.3, 0.4) is 0 Å². The maximum atomic E-state index is 13.9. The molecular formula is C24H21ClFN3O2. The molecule has 1 aliphatic rings. The number of likely N-dealkylation sites (tertiary alicyclic amines) is 1. The van der Waals surface area contributed by atoms with E-state index in [1.165, 1.54) is 12.1 Å². The fraction of sp³-hybridized carbons (Fsp3) is 0.208. The van der Waals surface area contributed by atoms with Gasteiger partial charge in [-0.2, -0.15) is 0 Å². The van der Waals surface area contributed by atoms with Gasteiger partial charge in [-0.1, -0.05) is 29.8 Å². The Kier molecular flexibility index (Phi) is 6.28. The molecule has 1 N–H and O–H groups in total. The molecule has 2 atom stereocenters. The second-order valence-electron chi connectivity index (χ2n) is 7.56. The molecule has 2 amide bonds. The van der Waals surface area contributed by atoms with Crippen LogP contribution in [-0.4, -0.2) is 34.8 Å². The van der Waals surface area contributed by atoms with E-state index in [1.807, 2.05) is 6.07 Å². The predicted molar refractivity (Wildman–Crippen MR) is 116 cm³/mol. The molecule has 2 unspecified atom stereocenters. The van der Waals surface area contributed by atoms with Gasteiger partial charge in [0.2, 0.25) is 5.91 Å². The minimum Gasteiger partial charge on any atom is -0.352 e. The molecule has 2 aromatic carbocycles. The van der Waals surface area contributed by atoms with Crippen molar-refractivity contribution < 1.29 is 14.0 Å². The van der Waals surface area contributed by atoms with Gasteiger partial charge in [-0.25, -0.2) is 4.39 Å². The summed E-state index contributed by atoms with van der Waals surface area (Å²) in [6.07, 6.45) is 3.36. The highest BCUT2D eigenvalue weighted by molar-refractivity contribution is 6.30. The van der Waals surface area contributed by atoms with Crippen LogP contribution < -0.4 is 5.32 Å². The summed E-state index contributed by atoms with van der Waals surface area (Å²) >= 11 is 5.93. The number of nitrogens with one attached hydrogen (secondary N) is 1. The molecule has 7 heteroatoms. The Bertz CT molecular complexity index is 1080. The van der Waals surface area contributed by atoms with E-state index in [9.17, 15) is 14.0 Å². The van der Waals surface area contributed by atoms with E-state index in [1.54, 1.807) is 59.8 Å². The molecule has 1 aromatic heterocycles. The summed E-state index contributed by atoms with van der Waals surface area (Å²) in [5.74, 6) is -1.52. The lowest BCUT2D eigenvalue weighted by Crippen LogP contribution is -2.35. The molecule has 158 valence electrons. The number of rotatable bonds is 5. The van der Waals surface area contributed by atoms with E-state index in [4.69, 9.17) is 11.6 Å². The van der Waals surface area contributed by atoms with Crippen LogP contribution in [0.4, 0.5) is 4.39 Å². The van der Waals surface area contributed by atoms with Crippen molar-refractivity contribution >= 4 is 23.4 Å². The van der Waals surface area contributed by atoms with Gasteiger partial charge in [-0.3, -0.25) is 14.6 Å². The molecule has 0 saturated carbocycles. The van der Waals surface area contributed by atoms with Crippen molar-refractivity contribution in [2.24, 2.45) is 5.92 Å². The summed E-state index contributed by atoms with van der Waals surface area (Å²) in [5, 5.41) is 3.48. The number of aromatic nitrogens is 1. The zero-order chi connectivity index (χ0) is 21.8. The van der Waals surface area contributed by atoms with Crippen LogP contribution >= 0.6 is 11.6 Å². The molecule has 0 spiro atoms. The SMILES string of the molecule is O=C(NCc1cccnc1)C1CN(C(=O)c2ccc(Cl)cc2)CC1c1cccc(F)c1.